The van der Waals surface area contributed by atoms with Crippen LogP contribution in [0.15, 0.2) is 12.4 Å². The summed E-state index contributed by atoms with van der Waals surface area (Å²) in [6, 6.07) is 0. The zero-order valence-electron chi connectivity index (χ0n) is 12.9. The maximum Gasteiger partial charge on any atom is 0.279 e. The fourth-order valence-corrected chi connectivity index (χ4v) is 2.84. The molecule has 0 aliphatic rings. The molecule has 0 atom stereocenters. The SMILES string of the molecule is CCCNCCCN(C)S(=O)(=O)NCCCc1ncc[nH]1. The van der Waals surface area contributed by atoms with E-state index in [1.165, 1.54) is 4.31 Å². The standard InChI is InChI=1S/C13H27N5O2S/c1-3-7-14-8-5-12-18(2)21(19,20)17-9-4-6-13-15-10-11-16-13/h10-11,14,17H,3-9,12H2,1-2H3,(H,15,16). The molecule has 0 fully saturated rings. The van der Waals surface area contributed by atoms with Gasteiger partial charge >= 0.3 is 0 Å². The van der Waals surface area contributed by atoms with Gasteiger partial charge in [0.05, 0.1) is 0 Å². The molecule has 0 saturated heterocycles. The van der Waals surface area contributed by atoms with E-state index in [0.717, 1.165) is 44.6 Å². The first kappa shape index (κ1) is 18.1. The summed E-state index contributed by atoms with van der Waals surface area (Å²) in [5, 5.41) is 3.26. The van der Waals surface area contributed by atoms with Gasteiger partial charge in [-0.25, -0.2) is 9.71 Å². The van der Waals surface area contributed by atoms with Crippen molar-refractivity contribution >= 4 is 10.2 Å². The van der Waals surface area contributed by atoms with E-state index in [1.54, 1.807) is 19.4 Å². The Bertz CT molecular complexity index is 461. The number of hydrogen-bond acceptors (Lipinski definition) is 4. The van der Waals surface area contributed by atoms with Crippen LogP contribution in [0.1, 0.15) is 32.0 Å². The first-order chi connectivity index (χ1) is 10.1. The minimum absolute atomic E-state index is 0.418. The summed E-state index contributed by atoms with van der Waals surface area (Å²) in [5.41, 5.74) is 0. The smallest absolute Gasteiger partial charge is 0.279 e. The highest BCUT2D eigenvalue weighted by Gasteiger charge is 2.15. The van der Waals surface area contributed by atoms with Crippen LogP contribution in [0, 0.1) is 0 Å². The van der Waals surface area contributed by atoms with Gasteiger partial charge in [0.15, 0.2) is 0 Å². The molecule has 0 amide bonds. The third kappa shape index (κ3) is 7.56. The fourth-order valence-electron chi connectivity index (χ4n) is 1.85. The van der Waals surface area contributed by atoms with Crippen LogP contribution in [0.4, 0.5) is 0 Å². The number of nitrogens with zero attached hydrogens (tertiary/aromatic N) is 2. The zero-order valence-corrected chi connectivity index (χ0v) is 13.7. The predicted molar refractivity (Wildman–Crippen MR) is 84.2 cm³/mol. The van der Waals surface area contributed by atoms with Crippen molar-refractivity contribution in [2.75, 3.05) is 33.2 Å². The van der Waals surface area contributed by atoms with Crippen molar-refractivity contribution in [3.63, 3.8) is 0 Å². The highest BCUT2D eigenvalue weighted by molar-refractivity contribution is 7.87. The lowest BCUT2D eigenvalue weighted by Crippen LogP contribution is -2.39. The van der Waals surface area contributed by atoms with Crippen LogP contribution < -0.4 is 10.0 Å². The van der Waals surface area contributed by atoms with Gasteiger partial charge in [-0.2, -0.15) is 12.7 Å². The predicted octanol–water partition coefficient (Wildman–Crippen LogP) is 0.498. The molecular formula is C13H27N5O2S. The third-order valence-corrected chi connectivity index (χ3v) is 4.67. The van der Waals surface area contributed by atoms with E-state index in [4.69, 9.17) is 0 Å². The van der Waals surface area contributed by atoms with E-state index in [0.29, 0.717) is 13.1 Å². The second-order valence-corrected chi connectivity index (χ2v) is 6.83. The molecule has 0 radical (unpaired) electrons. The second kappa shape index (κ2) is 9.88. The van der Waals surface area contributed by atoms with E-state index >= 15 is 0 Å². The van der Waals surface area contributed by atoms with Crippen LogP contribution in [0.5, 0.6) is 0 Å². The summed E-state index contributed by atoms with van der Waals surface area (Å²) in [6.45, 7) is 4.86. The maximum atomic E-state index is 12.0. The molecule has 1 heterocycles. The Balaban J connectivity index is 2.15. The molecule has 1 rings (SSSR count). The number of imidazole rings is 1. The van der Waals surface area contributed by atoms with E-state index in [-0.39, 0.29) is 0 Å². The average Bonchev–Trinajstić information content (AvgIpc) is 2.96. The second-order valence-electron chi connectivity index (χ2n) is 4.96. The Hall–Kier alpha value is -0.960. The summed E-state index contributed by atoms with van der Waals surface area (Å²) < 4.78 is 27.9. The van der Waals surface area contributed by atoms with Crippen molar-refractivity contribution < 1.29 is 8.42 Å². The number of H-pyrrole nitrogens is 1. The minimum Gasteiger partial charge on any atom is -0.349 e. The quantitative estimate of drug-likeness (QED) is 0.490. The lowest BCUT2D eigenvalue weighted by atomic mass is 10.3. The van der Waals surface area contributed by atoms with E-state index in [2.05, 4.69) is 26.9 Å². The van der Waals surface area contributed by atoms with E-state index < -0.39 is 10.2 Å². The van der Waals surface area contributed by atoms with Gasteiger partial charge in [-0.1, -0.05) is 6.92 Å². The molecule has 0 aromatic carbocycles. The molecule has 0 aliphatic heterocycles. The molecule has 3 N–H and O–H groups in total. The number of aryl methyl sites for hydroxylation is 1. The van der Waals surface area contributed by atoms with Crippen molar-refractivity contribution in [3.8, 4) is 0 Å². The average molecular weight is 317 g/mol. The van der Waals surface area contributed by atoms with Crippen LogP contribution in [-0.2, 0) is 16.6 Å². The lowest BCUT2D eigenvalue weighted by Gasteiger charge is -2.17. The Labute approximate surface area is 127 Å². The van der Waals surface area contributed by atoms with Crippen molar-refractivity contribution in [2.45, 2.75) is 32.6 Å². The summed E-state index contributed by atoms with van der Waals surface area (Å²) in [4.78, 5) is 7.10. The molecule has 0 spiro atoms. The minimum atomic E-state index is -3.37. The van der Waals surface area contributed by atoms with Gasteiger partial charge in [0, 0.05) is 39.0 Å². The molecule has 0 bridgehead atoms. The van der Waals surface area contributed by atoms with Gasteiger partial charge in [0.25, 0.3) is 10.2 Å². The molecule has 122 valence electrons. The molecular weight excluding hydrogens is 290 g/mol. The molecule has 0 unspecified atom stereocenters. The van der Waals surface area contributed by atoms with Crippen LogP contribution in [-0.4, -0.2) is 55.9 Å². The fraction of sp³-hybridized carbons (Fsp3) is 0.769. The van der Waals surface area contributed by atoms with Crippen LogP contribution in [0.2, 0.25) is 0 Å². The van der Waals surface area contributed by atoms with Gasteiger partial charge in [0.2, 0.25) is 0 Å². The maximum absolute atomic E-state index is 12.0. The Morgan fingerprint density at radius 3 is 2.76 bits per heavy atom. The van der Waals surface area contributed by atoms with E-state index in [9.17, 15) is 8.42 Å². The van der Waals surface area contributed by atoms with Crippen LogP contribution >= 0.6 is 0 Å². The van der Waals surface area contributed by atoms with Gasteiger partial charge in [0.1, 0.15) is 5.82 Å². The highest BCUT2D eigenvalue weighted by Crippen LogP contribution is 1.98. The number of aromatic nitrogens is 2. The molecule has 0 aliphatic carbocycles. The van der Waals surface area contributed by atoms with Gasteiger partial charge in [-0.15, -0.1) is 0 Å². The molecule has 1 aromatic rings. The zero-order chi connectivity index (χ0) is 15.6. The van der Waals surface area contributed by atoms with Crippen LogP contribution in [0.3, 0.4) is 0 Å². The summed E-state index contributed by atoms with van der Waals surface area (Å²) in [6.07, 6.45) is 6.81. The number of hydrogen-bond donors (Lipinski definition) is 3. The van der Waals surface area contributed by atoms with E-state index in [1.807, 2.05) is 0 Å². The molecule has 1 aromatic heterocycles. The number of rotatable bonds is 12. The van der Waals surface area contributed by atoms with Gasteiger partial charge < -0.3 is 10.3 Å². The van der Waals surface area contributed by atoms with Crippen molar-refractivity contribution in [3.05, 3.63) is 18.2 Å². The highest BCUT2D eigenvalue weighted by atomic mass is 32.2. The normalized spacial score (nSPS) is 12.1. The molecule has 0 saturated carbocycles. The van der Waals surface area contributed by atoms with Crippen molar-refractivity contribution in [1.82, 2.24) is 24.3 Å². The van der Waals surface area contributed by atoms with Crippen LogP contribution in [0.25, 0.3) is 0 Å². The summed E-state index contributed by atoms with van der Waals surface area (Å²) in [7, 11) is -1.76. The van der Waals surface area contributed by atoms with Crippen molar-refractivity contribution in [1.29, 1.82) is 0 Å². The van der Waals surface area contributed by atoms with Crippen molar-refractivity contribution in [2.24, 2.45) is 0 Å². The molecule has 7 nitrogen and oxygen atoms in total. The Morgan fingerprint density at radius 2 is 2.10 bits per heavy atom. The first-order valence-electron chi connectivity index (χ1n) is 7.46. The summed E-state index contributed by atoms with van der Waals surface area (Å²) in [5.74, 6) is 0.879. The summed E-state index contributed by atoms with van der Waals surface area (Å²) >= 11 is 0. The number of nitrogens with one attached hydrogen (secondary N) is 3. The largest absolute Gasteiger partial charge is 0.349 e. The molecule has 8 heteroatoms. The lowest BCUT2D eigenvalue weighted by molar-refractivity contribution is 0.444. The Morgan fingerprint density at radius 1 is 1.29 bits per heavy atom. The van der Waals surface area contributed by atoms with Gasteiger partial charge in [-0.05, 0) is 32.4 Å². The Kier molecular flexibility index (Phi) is 8.51. The third-order valence-electron chi connectivity index (χ3n) is 3.09. The number of aromatic amines is 1. The topological polar surface area (TPSA) is 90.1 Å². The monoisotopic (exact) mass is 317 g/mol. The molecule has 21 heavy (non-hydrogen) atoms. The van der Waals surface area contributed by atoms with Gasteiger partial charge in [-0.3, -0.25) is 0 Å². The first-order valence-corrected chi connectivity index (χ1v) is 8.90.